The molecule has 2 aromatic rings. The van der Waals surface area contributed by atoms with Crippen LogP contribution in [0, 0.1) is 6.92 Å². The SMILES string of the molecule is CNC(=O)c1ccc(C)c(NC(=O)c2ccc(OC)c(S(=O)(=O)NC3CC3)c2)c1. The number of ether oxygens (including phenoxy) is 1. The molecular formula is C20H23N3O5S. The van der Waals surface area contributed by atoms with E-state index < -0.39 is 15.9 Å². The summed E-state index contributed by atoms with van der Waals surface area (Å²) >= 11 is 0. The van der Waals surface area contributed by atoms with E-state index in [1.807, 2.05) is 0 Å². The second-order valence-corrected chi connectivity index (χ2v) is 8.51. The van der Waals surface area contributed by atoms with Gasteiger partial charge in [-0.25, -0.2) is 13.1 Å². The second kappa shape index (κ2) is 8.22. The molecule has 0 radical (unpaired) electrons. The average Bonchev–Trinajstić information content (AvgIpc) is 3.51. The third kappa shape index (κ3) is 4.75. The van der Waals surface area contributed by atoms with Gasteiger partial charge in [-0.1, -0.05) is 6.07 Å². The zero-order valence-electron chi connectivity index (χ0n) is 16.4. The molecule has 8 nitrogen and oxygen atoms in total. The van der Waals surface area contributed by atoms with Crippen molar-refractivity contribution in [2.24, 2.45) is 0 Å². The molecule has 0 spiro atoms. The molecule has 0 unspecified atom stereocenters. The Kier molecular flexibility index (Phi) is 5.90. The summed E-state index contributed by atoms with van der Waals surface area (Å²) < 4.78 is 33.0. The molecule has 0 atom stereocenters. The summed E-state index contributed by atoms with van der Waals surface area (Å²) in [5.41, 5.74) is 1.79. The number of anilines is 1. The van der Waals surface area contributed by atoms with Crippen LogP contribution in [-0.2, 0) is 10.0 Å². The van der Waals surface area contributed by atoms with Crippen molar-refractivity contribution in [2.45, 2.75) is 30.7 Å². The van der Waals surface area contributed by atoms with Crippen molar-refractivity contribution in [3.8, 4) is 5.75 Å². The number of hydrogen-bond acceptors (Lipinski definition) is 5. The summed E-state index contributed by atoms with van der Waals surface area (Å²) in [5, 5.41) is 5.27. The predicted molar refractivity (Wildman–Crippen MR) is 109 cm³/mol. The Morgan fingerprint density at radius 1 is 1.03 bits per heavy atom. The van der Waals surface area contributed by atoms with E-state index in [4.69, 9.17) is 4.74 Å². The Morgan fingerprint density at radius 2 is 1.69 bits per heavy atom. The number of hydrogen-bond donors (Lipinski definition) is 3. The number of methoxy groups -OCH3 is 1. The number of amides is 2. The van der Waals surface area contributed by atoms with Crippen molar-refractivity contribution in [3.05, 3.63) is 53.1 Å². The van der Waals surface area contributed by atoms with Gasteiger partial charge in [0.05, 0.1) is 7.11 Å². The van der Waals surface area contributed by atoms with Crippen molar-refractivity contribution in [1.82, 2.24) is 10.0 Å². The van der Waals surface area contributed by atoms with Crippen LogP contribution in [-0.4, -0.2) is 40.4 Å². The lowest BCUT2D eigenvalue weighted by Crippen LogP contribution is -2.26. The van der Waals surface area contributed by atoms with Gasteiger partial charge in [0.1, 0.15) is 10.6 Å². The molecule has 0 bridgehead atoms. The zero-order chi connectivity index (χ0) is 21.2. The lowest BCUT2D eigenvalue weighted by atomic mass is 10.1. The highest BCUT2D eigenvalue weighted by atomic mass is 32.2. The predicted octanol–water partition coefficient (Wildman–Crippen LogP) is 2.06. The fourth-order valence-electron chi connectivity index (χ4n) is 2.75. The van der Waals surface area contributed by atoms with E-state index in [2.05, 4.69) is 15.4 Å². The van der Waals surface area contributed by atoms with Gasteiger partial charge in [0, 0.05) is 29.9 Å². The van der Waals surface area contributed by atoms with Crippen molar-refractivity contribution < 1.29 is 22.7 Å². The average molecular weight is 417 g/mol. The fraction of sp³-hybridized carbons (Fsp3) is 0.300. The maximum Gasteiger partial charge on any atom is 0.255 e. The highest BCUT2D eigenvalue weighted by Gasteiger charge is 2.30. The molecule has 0 heterocycles. The van der Waals surface area contributed by atoms with Crippen LogP contribution in [0.25, 0.3) is 0 Å². The summed E-state index contributed by atoms with van der Waals surface area (Å²) in [6, 6.07) is 9.11. The number of carbonyl (C=O) groups excluding carboxylic acids is 2. The Morgan fingerprint density at radius 3 is 2.31 bits per heavy atom. The maximum absolute atomic E-state index is 12.8. The largest absolute Gasteiger partial charge is 0.495 e. The third-order valence-electron chi connectivity index (χ3n) is 4.59. The highest BCUT2D eigenvalue weighted by molar-refractivity contribution is 7.89. The van der Waals surface area contributed by atoms with Gasteiger partial charge >= 0.3 is 0 Å². The first-order chi connectivity index (χ1) is 13.7. The summed E-state index contributed by atoms with van der Waals surface area (Å²) in [7, 11) is -0.909. The minimum absolute atomic E-state index is 0.0720. The molecule has 0 aliphatic heterocycles. The van der Waals surface area contributed by atoms with Crippen LogP contribution in [0.2, 0.25) is 0 Å². The van der Waals surface area contributed by atoms with E-state index in [-0.39, 0.29) is 28.2 Å². The lowest BCUT2D eigenvalue weighted by molar-refractivity contribution is 0.0961. The van der Waals surface area contributed by atoms with Crippen LogP contribution in [0.15, 0.2) is 41.3 Å². The second-order valence-electron chi connectivity index (χ2n) is 6.82. The fourth-order valence-corrected chi connectivity index (χ4v) is 4.25. The maximum atomic E-state index is 12.8. The molecule has 1 aliphatic rings. The standard InChI is InChI=1S/C20H23N3O5S/c1-12-4-5-13(19(24)21-2)10-16(12)22-20(25)14-6-9-17(28-3)18(11-14)29(26,27)23-15-7-8-15/h4-6,9-11,15,23H,7-8H2,1-3H3,(H,21,24)(H,22,25). The molecule has 0 aromatic heterocycles. The van der Waals surface area contributed by atoms with E-state index in [1.165, 1.54) is 32.4 Å². The van der Waals surface area contributed by atoms with Crippen LogP contribution < -0.4 is 20.1 Å². The summed E-state index contributed by atoms with van der Waals surface area (Å²) in [5.74, 6) is -0.607. The molecule has 1 saturated carbocycles. The van der Waals surface area contributed by atoms with E-state index in [0.717, 1.165) is 18.4 Å². The quantitative estimate of drug-likeness (QED) is 0.638. The monoisotopic (exact) mass is 417 g/mol. The number of carbonyl (C=O) groups is 2. The summed E-state index contributed by atoms with van der Waals surface area (Å²) in [6.07, 6.45) is 1.59. The molecule has 29 heavy (non-hydrogen) atoms. The van der Waals surface area contributed by atoms with Gasteiger partial charge in [0.15, 0.2) is 0 Å². The van der Waals surface area contributed by atoms with E-state index >= 15 is 0 Å². The molecule has 2 aromatic carbocycles. The van der Waals surface area contributed by atoms with Crippen LogP contribution in [0.5, 0.6) is 5.75 Å². The zero-order valence-corrected chi connectivity index (χ0v) is 17.2. The number of benzene rings is 2. The van der Waals surface area contributed by atoms with Crippen LogP contribution >= 0.6 is 0 Å². The Balaban J connectivity index is 1.90. The topological polar surface area (TPSA) is 114 Å². The van der Waals surface area contributed by atoms with Crippen molar-refractivity contribution >= 4 is 27.5 Å². The van der Waals surface area contributed by atoms with Gasteiger partial charge in [-0.05, 0) is 55.7 Å². The van der Waals surface area contributed by atoms with Gasteiger partial charge in [-0.2, -0.15) is 0 Å². The Bertz CT molecular complexity index is 1060. The van der Waals surface area contributed by atoms with Crippen molar-refractivity contribution in [1.29, 1.82) is 0 Å². The molecule has 1 aliphatic carbocycles. The first kappa shape index (κ1) is 20.8. The molecular weight excluding hydrogens is 394 g/mol. The van der Waals surface area contributed by atoms with Gasteiger partial charge in [0.25, 0.3) is 11.8 Å². The van der Waals surface area contributed by atoms with Gasteiger partial charge in [0.2, 0.25) is 10.0 Å². The van der Waals surface area contributed by atoms with Gasteiger partial charge in [-0.15, -0.1) is 0 Å². The van der Waals surface area contributed by atoms with Gasteiger partial charge in [-0.3, -0.25) is 9.59 Å². The van der Waals surface area contributed by atoms with E-state index in [0.29, 0.717) is 11.3 Å². The smallest absolute Gasteiger partial charge is 0.255 e. The molecule has 1 fully saturated rings. The molecule has 2 amide bonds. The minimum atomic E-state index is -3.81. The summed E-state index contributed by atoms with van der Waals surface area (Å²) in [4.78, 5) is 24.5. The first-order valence-corrected chi connectivity index (χ1v) is 10.6. The highest BCUT2D eigenvalue weighted by Crippen LogP contribution is 2.29. The van der Waals surface area contributed by atoms with Crippen LogP contribution in [0.1, 0.15) is 39.1 Å². The molecule has 3 rings (SSSR count). The Labute approximate surface area is 169 Å². The van der Waals surface area contributed by atoms with E-state index in [1.54, 1.807) is 25.1 Å². The Hall–Kier alpha value is -2.91. The lowest BCUT2D eigenvalue weighted by Gasteiger charge is -2.13. The summed E-state index contributed by atoms with van der Waals surface area (Å²) in [6.45, 7) is 1.80. The number of rotatable bonds is 7. The molecule has 3 N–H and O–H groups in total. The number of sulfonamides is 1. The molecule has 0 saturated heterocycles. The normalized spacial score (nSPS) is 13.6. The van der Waals surface area contributed by atoms with Crippen molar-refractivity contribution in [2.75, 3.05) is 19.5 Å². The third-order valence-corrected chi connectivity index (χ3v) is 6.13. The number of nitrogens with one attached hydrogen (secondary N) is 3. The van der Waals surface area contributed by atoms with Crippen molar-refractivity contribution in [3.63, 3.8) is 0 Å². The first-order valence-electron chi connectivity index (χ1n) is 9.09. The molecule has 9 heteroatoms. The van der Waals surface area contributed by atoms with Crippen LogP contribution in [0.3, 0.4) is 0 Å². The molecule has 154 valence electrons. The van der Waals surface area contributed by atoms with Crippen LogP contribution in [0.4, 0.5) is 5.69 Å². The van der Waals surface area contributed by atoms with E-state index in [9.17, 15) is 18.0 Å². The van der Waals surface area contributed by atoms with Gasteiger partial charge < -0.3 is 15.4 Å². The minimum Gasteiger partial charge on any atom is -0.495 e. The number of aryl methyl sites for hydroxylation is 1.